The minimum atomic E-state index is -1.05. The monoisotopic (exact) mass is 280 g/mol. The second kappa shape index (κ2) is 8.29. The summed E-state index contributed by atoms with van der Waals surface area (Å²) in [6, 6.07) is 5.84. The number of carbonyl (C=O) groups is 2. The first-order chi connectivity index (χ1) is 9.58. The van der Waals surface area contributed by atoms with Gasteiger partial charge in [-0.05, 0) is 30.5 Å². The standard InChI is InChI=1S/C14H20N2O4/c1-20-8-2-3-12(14(18)19)16-13(17)11-6-4-10(9-15)5-7-11/h4-7,12H,2-3,8-9,15H2,1H3,(H,16,17)(H,18,19). The molecule has 0 saturated heterocycles. The zero-order chi connectivity index (χ0) is 15.0. The summed E-state index contributed by atoms with van der Waals surface area (Å²) in [5.41, 5.74) is 6.80. The first-order valence-corrected chi connectivity index (χ1v) is 6.40. The summed E-state index contributed by atoms with van der Waals surface area (Å²) in [6.07, 6.45) is 0.898. The lowest BCUT2D eigenvalue weighted by Crippen LogP contribution is -2.40. The number of hydrogen-bond acceptors (Lipinski definition) is 4. The number of methoxy groups -OCH3 is 1. The first-order valence-electron chi connectivity index (χ1n) is 6.40. The van der Waals surface area contributed by atoms with Crippen molar-refractivity contribution in [1.82, 2.24) is 5.32 Å². The maximum Gasteiger partial charge on any atom is 0.326 e. The van der Waals surface area contributed by atoms with Crippen molar-refractivity contribution in [2.45, 2.75) is 25.4 Å². The van der Waals surface area contributed by atoms with Crippen LogP contribution in [0.3, 0.4) is 0 Å². The Morgan fingerprint density at radius 3 is 2.50 bits per heavy atom. The Morgan fingerprint density at radius 1 is 1.35 bits per heavy atom. The highest BCUT2D eigenvalue weighted by molar-refractivity contribution is 5.96. The first kappa shape index (κ1) is 16.1. The average Bonchev–Trinajstić information content (AvgIpc) is 2.46. The molecule has 6 heteroatoms. The molecule has 0 fully saturated rings. The Kier molecular flexibility index (Phi) is 6.69. The summed E-state index contributed by atoms with van der Waals surface area (Å²) in [7, 11) is 1.55. The predicted molar refractivity (Wildman–Crippen MR) is 74.3 cm³/mol. The molecule has 0 bridgehead atoms. The van der Waals surface area contributed by atoms with Gasteiger partial charge in [0.05, 0.1) is 0 Å². The SMILES string of the molecule is COCCCC(NC(=O)c1ccc(CN)cc1)C(=O)O. The van der Waals surface area contributed by atoms with Crippen LogP contribution in [0.4, 0.5) is 0 Å². The molecule has 0 aliphatic rings. The predicted octanol–water partition coefficient (Wildman–Crippen LogP) is 0.755. The minimum absolute atomic E-state index is 0.329. The summed E-state index contributed by atoms with van der Waals surface area (Å²) >= 11 is 0. The fourth-order valence-electron chi connectivity index (χ4n) is 1.72. The highest BCUT2D eigenvalue weighted by atomic mass is 16.5. The van der Waals surface area contributed by atoms with Gasteiger partial charge in [0.25, 0.3) is 5.91 Å². The summed E-state index contributed by atoms with van der Waals surface area (Å²) < 4.78 is 4.87. The van der Waals surface area contributed by atoms with Crippen LogP contribution in [0, 0.1) is 0 Å². The lowest BCUT2D eigenvalue weighted by Gasteiger charge is -2.14. The van der Waals surface area contributed by atoms with Crippen molar-refractivity contribution < 1.29 is 19.4 Å². The zero-order valence-electron chi connectivity index (χ0n) is 11.5. The Hall–Kier alpha value is -1.92. The molecule has 0 spiro atoms. The van der Waals surface area contributed by atoms with Gasteiger partial charge in [0.15, 0.2) is 0 Å². The Bertz CT molecular complexity index is 445. The van der Waals surface area contributed by atoms with E-state index in [1.807, 2.05) is 0 Å². The van der Waals surface area contributed by atoms with Gasteiger partial charge in [-0.25, -0.2) is 4.79 Å². The van der Waals surface area contributed by atoms with E-state index in [1.54, 1.807) is 31.4 Å². The van der Waals surface area contributed by atoms with E-state index in [-0.39, 0.29) is 0 Å². The van der Waals surface area contributed by atoms with Gasteiger partial charge in [0.1, 0.15) is 6.04 Å². The van der Waals surface area contributed by atoms with Crippen molar-refractivity contribution in [3.8, 4) is 0 Å². The van der Waals surface area contributed by atoms with Crippen LogP contribution in [0.1, 0.15) is 28.8 Å². The summed E-state index contributed by atoms with van der Waals surface area (Å²) in [5.74, 6) is -1.45. The molecule has 6 nitrogen and oxygen atoms in total. The minimum Gasteiger partial charge on any atom is -0.480 e. The van der Waals surface area contributed by atoms with Crippen LogP contribution in [0.2, 0.25) is 0 Å². The number of carbonyl (C=O) groups excluding carboxylic acids is 1. The third-order valence-corrected chi connectivity index (χ3v) is 2.90. The van der Waals surface area contributed by atoms with E-state index >= 15 is 0 Å². The van der Waals surface area contributed by atoms with E-state index in [0.29, 0.717) is 31.6 Å². The number of ether oxygens (including phenoxy) is 1. The van der Waals surface area contributed by atoms with Crippen LogP contribution >= 0.6 is 0 Å². The molecule has 0 saturated carbocycles. The van der Waals surface area contributed by atoms with Crippen molar-refractivity contribution in [2.75, 3.05) is 13.7 Å². The molecule has 1 aromatic rings. The molecular formula is C14H20N2O4. The number of aliphatic carboxylic acids is 1. The van der Waals surface area contributed by atoms with Gasteiger partial charge in [-0.1, -0.05) is 12.1 Å². The van der Waals surface area contributed by atoms with Crippen LogP contribution in [0.25, 0.3) is 0 Å². The van der Waals surface area contributed by atoms with Gasteiger partial charge < -0.3 is 20.9 Å². The number of amides is 1. The van der Waals surface area contributed by atoms with Gasteiger partial charge >= 0.3 is 5.97 Å². The van der Waals surface area contributed by atoms with Crippen LogP contribution < -0.4 is 11.1 Å². The molecule has 1 atom stereocenters. The van der Waals surface area contributed by atoms with E-state index in [4.69, 9.17) is 15.6 Å². The van der Waals surface area contributed by atoms with Crippen LogP contribution in [-0.4, -0.2) is 36.7 Å². The summed E-state index contributed by atoms with van der Waals surface area (Å²) in [5, 5.41) is 11.6. The second-order valence-corrected chi connectivity index (χ2v) is 4.40. The molecule has 1 unspecified atom stereocenters. The fourth-order valence-corrected chi connectivity index (χ4v) is 1.72. The number of rotatable bonds is 8. The molecule has 1 amide bonds. The van der Waals surface area contributed by atoms with Crippen LogP contribution in [-0.2, 0) is 16.1 Å². The van der Waals surface area contributed by atoms with Gasteiger partial charge in [-0.3, -0.25) is 4.79 Å². The molecule has 0 aromatic heterocycles. The van der Waals surface area contributed by atoms with E-state index in [1.165, 1.54) is 0 Å². The molecule has 0 heterocycles. The Labute approximate surface area is 117 Å². The smallest absolute Gasteiger partial charge is 0.326 e. The third kappa shape index (κ3) is 4.99. The van der Waals surface area contributed by atoms with Crippen molar-refractivity contribution in [1.29, 1.82) is 0 Å². The van der Waals surface area contributed by atoms with Gasteiger partial charge in [-0.2, -0.15) is 0 Å². The summed E-state index contributed by atoms with van der Waals surface area (Å²) in [4.78, 5) is 23.0. The van der Waals surface area contributed by atoms with Crippen LogP contribution in [0.15, 0.2) is 24.3 Å². The second-order valence-electron chi connectivity index (χ2n) is 4.40. The van der Waals surface area contributed by atoms with E-state index in [2.05, 4.69) is 5.32 Å². The molecule has 0 radical (unpaired) electrons. The third-order valence-electron chi connectivity index (χ3n) is 2.90. The maximum atomic E-state index is 12.0. The van der Waals surface area contributed by atoms with E-state index < -0.39 is 17.9 Å². The number of carboxylic acids is 1. The molecule has 110 valence electrons. The fraction of sp³-hybridized carbons (Fsp3) is 0.429. The molecule has 20 heavy (non-hydrogen) atoms. The Morgan fingerprint density at radius 2 is 2.00 bits per heavy atom. The maximum absolute atomic E-state index is 12.0. The lowest BCUT2D eigenvalue weighted by molar-refractivity contribution is -0.139. The highest BCUT2D eigenvalue weighted by Crippen LogP contribution is 2.06. The Balaban J connectivity index is 2.62. The summed E-state index contributed by atoms with van der Waals surface area (Å²) in [6.45, 7) is 0.863. The molecule has 1 aromatic carbocycles. The number of benzene rings is 1. The van der Waals surface area contributed by atoms with Gasteiger partial charge in [-0.15, -0.1) is 0 Å². The average molecular weight is 280 g/mol. The van der Waals surface area contributed by atoms with Crippen molar-refractivity contribution in [3.63, 3.8) is 0 Å². The largest absolute Gasteiger partial charge is 0.480 e. The van der Waals surface area contributed by atoms with Gasteiger partial charge in [0, 0.05) is 25.8 Å². The quantitative estimate of drug-likeness (QED) is 0.610. The van der Waals surface area contributed by atoms with E-state index in [9.17, 15) is 9.59 Å². The highest BCUT2D eigenvalue weighted by Gasteiger charge is 2.20. The number of hydrogen-bond donors (Lipinski definition) is 3. The topological polar surface area (TPSA) is 102 Å². The van der Waals surface area contributed by atoms with Gasteiger partial charge in [0.2, 0.25) is 0 Å². The van der Waals surface area contributed by atoms with Crippen molar-refractivity contribution in [3.05, 3.63) is 35.4 Å². The lowest BCUT2D eigenvalue weighted by atomic mass is 10.1. The van der Waals surface area contributed by atoms with Crippen molar-refractivity contribution in [2.24, 2.45) is 5.73 Å². The molecule has 1 rings (SSSR count). The number of nitrogens with two attached hydrogens (primary N) is 1. The van der Waals surface area contributed by atoms with E-state index in [0.717, 1.165) is 5.56 Å². The van der Waals surface area contributed by atoms with Crippen molar-refractivity contribution >= 4 is 11.9 Å². The van der Waals surface area contributed by atoms with Crippen LogP contribution in [0.5, 0.6) is 0 Å². The number of carboxylic acid groups (broad SMARTS) is 1. The number of nitrogens with one attached hydrogen (secondary N) is 1. The molecule has 0 aliphatic carbocycles. The molecular weight excluding hydrogens is 260 g/mol. The molecule has 4 N–H and O–H groups in total. The zero-order valence-corrected chi connectivity index (χ0v) is 11.5. The molecule has 0 aliphatic heterocycles. The normalized spacial score (nSPS) is 11.9.